The first-order chi connectivity index (χ1) is 10.0. The second-order valence-corrected chi connectivity index (χ2v) is 4.66. The number of rotatable bonds is 5. The van der Waals surface area contributed by atoms with Gasteiger partial charge in [0, 0.05) is 6.20 Å². The first-order valence-corrected chi connectivity index (χ1v) is 6.35. The lowest BCUT2D eigenvalue weighted by Crippen LogP contribution is -2.22. The summed E-state index contributed by atoms with van der Waals surface area (Å²) < 4.78 is 1.35. The van der Waals surface area contributed by atoms with Crippen LogP contribution >= 0.6 is 0 Å². The average molecular weight is 289 g/mol. The van der Waals surface area contributed by atoms with Crippen LogP contribution in [0, 0.1) is 0 Å². The number of pyridine rings is 1. The predicted molar refractivity (Wildman–Crippen MR) is 75.6 cm³/mol. The zero-order chi connectivity index (χ0) is 15.4. The molecule has 1 aromatic carbocycles. The zero-order valence-electron chi connectivity index (χ0n) is 11.1. The Kier molecular flexibility index (Phi) is 4.39. The molecule has 21 heavy (non-hydrogen) atoms. The Morgan fingerprint density at radius 1 is 1.19 bits per heavy atom. The lowest BCUT2D eigenvalue weighted by molar-refractivity contribution is 0.0693. The molecule has 2 aromatic rings. The molecule has 0 spiro atoms. The second kappa shape index (κ2) is 6.23. The van der Waals surface area contributed by atoms with Crippen molar-refractivity contribution in [1.82, 2.24) is 4.57 Å². The molecule has 1 atom stereocenters. The van der Waals surface area contributed by atoms with E-state index >= 15 is 0 Å². The number of hydrogen-bond donors (Lipinski definition) is 3. The monoisotopic (exact) mass is 289 g/mol. The van der Waals surface area contributed by atoms with Crippen LogP contribution in [0.3, 0.4) is 0 Å². The summed E-state index contributed by atoms with van der Waals surface area (Å²) in [5, 5.41) is 28.0. The summed E-state index contributed by atoms with van der Waals surface area (Å²) in [7, 11) is 0. The smallest absolute Gasteiger partial charge is 0.341 e. The van der Waals surface area contributed by atoms with Crippen molar-refractivity contribution >= 4 is 5.97 Å². The number of carboxylic acid groups (broad SMARTS) is 1. The van der Waals surface area contributed by atoms with Gasteiger partial charge in [0.05, 0.1) is 18.8 Å². The van der Waals surface area contributed by atoms with E-state index in [-0.39, 0.29) is 6.61 Å². The van der Waals surface area contributed by atoms with E-state index in [4.69, 9.17) is 5.11 Å². The van der Waals surface area contributed by atoms with Crippen molar-refractivity contribution in [2.75, 3.05) is 6.61 Å². The number of aromatic hydroxyl groups is 1. The third-order valence-corrected chi connectivity index (χ3v) is 3.20. The molecule has 0 radical (unpaired) electrons. The molecule has 0 aliphatic rings. The van der Waals surface area contributed by atoms with Gasteiger partial charge in [0.15, 0.2) is 5.75 Å². The number of benzene rings is 1. The number of aliphatic hydroxyl groups is 1. The van der Waals surface area contributed by atoms with E-state index in [1.165, 1.54) is 4.57 Å². The molecule has 0 aliphatic carbocycles. The van der Waals surface area contributed by atoms with Gasteiger partial charge in [-0.3, -0.25) is 4.79 Å². The molecule has 1 aromatic heterocycles. The summed E-state index contributed by atoms with van der Waals surface area (Å²) in [6.45, 7) is -0.254. The Bertz CT molecular complexity index is 693. The van der Waals surface area contributed by atoms with Crippen molar-refractivity contribution in [3.63, 3.8) is 0 Å². The van der Waals surface area contributed by atoms with Crippen LogP contribution in [0.5, 0.6) is 5.75 Å². The Balaban J connectivity index is 2.39. The highest BCUT2D eigenvalue weighted by molar-refractivity contribution is 5.87. The molecule has 3 N–H and O–H groups in total. The van der Waals surface area contributed by atoms with Crippen LogP contribution in [0.2, 0.25) is 0 Å². The van der Waals surface area contributed by atoms with Crippen LogP contribution in [0.15, 0.2) is 47.5 Å². The van der Waals surface area contributed by atoms with Crippen molar-refractivity contribution in [2.24, 2.45) is 0 Å². The van der Waals surface area contributed by atoms with Crippen LogP contribution < -0.4 is 5.43 Å². The summed E-state index contributed by atoms with van der Waals surface area (Å²) in [5.74, 6) is -2.07. The maximum atomic E-state index is 11.5. The quantitative estimate of drug-likeness (QED) is 0.763. The third-order valence-electron chi connectivity index (χ3n) is 3.20. The molecule has 6 nitrogen and oxygen atoms in total. The van der Waals surface area contributed by atoms with Gasteiger partial charge < -0.3 is 19.9 Å². The van der Waals surface area contributed by atoms with Crippen molar-refractivity contribution in [3.05, 3.63) is 64.1 Å². The Hall–Kier alpha value is -2.60. The van der Waals surface area contributed by atoms with Gasteiger partial charge in [0.1, 0.15) is 5.56 Å². The van der Waals surface area contributed by atoms with Gasteiger partial charge in [0.25, 0.3) is 0 Å². The van der Waals surface area contributed by atoms with E-state index in [1.807, 2.05) is 30.3 Å². The fourth-order valence-electron chi connectivity index (χ4n) is 2.10. The summed E-state index contributed by atoms with van der Waals surface area (Å²) in [4.78, 5) is 22.5. The van der Waals surface area contributed by atoms with Crippen molar-refractivity contribution < 1.29 is 20.1 Å². The van der Waals surface area contributed by atoms with Crippen LogP contribution in [-0.2, 0) is 6.42 Å². The highest BCUT2D eigenvalue weighted by Gasteiger charge is 2.17. The molecule has 6 heteroatoms. The van der Waals surface area contributed by atoms with Gasteiger partial charge in [-0.05, 0) is 12.0 Å². The lowest BCUT2D eigenvalue weighted by atomic mass is 10.1. The van der Waals surface area contributed by atoms with Gasteiger partial charge in [-0.2, -0.15) is 0 Å². The van der Waals surface area contributed by atoms with E-state index < -0.39 is 28.8 Å². The maximum Gasteiger partial charge on any atom is 0.341 e. The van der Waals surface area contributed by atoms with Crippen LogP contribution in [0.4, 0.5) is 0 Å². The SMILES string of the molecule is O=C(O)c1cn([C@H](CO)Cc2ccccc2)cc(O)c1=O. The van der Waals surface area contributed by atoms with E-state index in [1.54, 1.807) is 0 Å². The molecule has 0 saturated carbocycles. The average Bonchev–Trinajstić information content (AvgIpc) is 2.48. The summed E-state index contributed by atoms with van der Waals surface area (Å²) in [6, 6.07) is 8.86. The molecule has 1 heterocycles. The summed E-state index contributed by atoms with van der Waals surface area (Å²) in [6.07, 6.45) is 2.71. The normalized spacial score (nSPS) is 12.0. The molecular formula is C15H15NO5. The van der Waals surface area contributed by atoms with Gasteiger partial charge in [-0.15, -0.1) is 0 Å². The van der Waals surface area contributed by atoms with Crippen LogP contribution in [0.1, 0.15) is 22.0 Å². The summed E-state index contributed by atoms with van der Waals surface area (Å²) in [5.41, 5.74) is -0.511. The second-order valence-electron chi connectivity index (χ2n) is 4.66. The fraction of sp³-hybridized carbons (Fsp3) is 0.200. The van der Waals surface area contributed by atoms with E-state index in [0.717, 1.165) is 18.0 Å². The number of nitrogens with zero attached hydrogens (tertiary/aromatic N) is 1. The van der Waals surface area contributed by atoms with Crippen molar-refractivity contribution in [2.45, 2.75) is 12.5 Å². The molecule has 0 unspecified atom stereocenters. The Morgan fingerprint density at radius 2 is 1.86 bits per heavy atom. The highest BCUT2D eigenvalue weighted by Crippen LogP contribution is 2.16. The third kappa shape index (κ3) is 3.29. The molecule has 110 valence electrons. The standard InChI is InChI=1S/C15H15NO5/c17-9-11(6-10-4-2-1-3-5-10)16-7-12(15(20)21)14(19)13(18)8-16/h1-5,7-8,11,17-18H,6,9H2,(H,20,21)/t11-/m0/s1. The highest BCUT2D eigenvalue weighted by atomic mass is 16.4. The van der Waals surface area contributed by atoms with Gasteiger partial charge in [0.2, 0.25) is 5.43 Å². The van der Waals surface area contributed by atoms with Gasteiger partial charge in [-0.25, -0.2) is 4.79 Å². The van der Waals surface area contributed by atoms with E-state index in [9.17, 15) is 19.8 Å². The van der Waals surface area contributed by atoms with Crippen LogP contribution in [-0.4, -0.2) is 32.5 Å². The molecule has 0 bridgehead atoms. The molecule has 0 saturated heterocycles. The van der Waals surface area contributed by atoms with Gasteiger partial charge >= 0.3 is 5.97 Å². The number of aromatic nitrogens is 1. The number of aromatic carboxylic acids is 1. The molecule has 0 fully saturated rings. The Labute approximate surface area is 120 Å². The molecular weight excluding hydrogens is 274 g/mol. The predicted octanol–water partition coefficient (Wildman–Crippen LogP) is 1.03. The van der Waals surface area contributed by atoms with E-state index in [0.29, 0.717) is 6.42 Å². The number of hydrogen-bond acceptors (Lipinski definition) is 4. The topological polar surface area (TPSA) is 99.8 Å². The number of carbonyl (C=O) groups is 1. The maximum absolute atomic E-state index is 11.5. The first kappa shape index (κ1) is 14.8. The van der Waals surface area contributed by atoms with Crippen molar-refractivity contribution in [3.8, 4) is 5.75 Å². The Morgan fingerprint density at radius 3 is 2.43 bits per heavy atom. The molecule has 0 aliphatic heterocycles. The largest absolute Gasteiger partial charge is 0.503 e. The fourth-order valence-corrected chi connectivity index (χ4v) is 2.10. The summed E-state index contributed by atoms with van der Waals surface area (Å²) >= 11 is 0. The van der Waals surface area contributed by atoms with Crippen molar-refractivity contribution in [1.29, 1.82) is 0 Å². The van der Waals surface area contributed by atoms with Crippen LogP contribution in [0.25, 0.3) is 0 Å². The molecule has 2 rings (SSSR count). The minimum Gasteiger partial charge on any atom is -0.503 e. The molecule has 0 amide bonds. The lowest BCUT2D eigenvalue weighted by Gasteiger charge is -2.19. The van der Waals surface area contributed by atoms with E-state index in [2.05, 4.69) is 0 Å². The first-order valence-electron chi connectivity index (χ1n) is 6.35. The number of carboxylic acids is 1. The minimum absolute atomic E-state index is 0.254. The minimum atomic E-state index is -1.42. The zero-order valence-corrected chi connectivity index (χ0v) is 11.1. The van der Waals surface area contributed by atoms with Gasteiger partial charge in [-0.1, -0.05) is 30.3 Å². The number of aliphatic hydroxyl groups excluding tert-OH is 1.